The molecule has 0 aliphatic carbocycles. The van der Waals surface area contributed by atoms with Crippen molar-refractivity contribution in [1.29, 1.82) is 0 Å². The Bertz CT molecular complexity index is 990. The number of hydrogen-bond acceptors (Lipinski definition) is 8. The molecule has 10 heteroatoms. The molecule has 0 fully saturated rings. The molecule has 2 N–H and O–H groups in total. The Morgan fingerprint density at radius 1 is 0.939 bits per heavy atom. The van der Waals surface area contributed by atoms with Gasteiger partial charge in [-0.1, -0.05) is 17.7 Å². The average Bonchev–Trinajstić information content (AvgIpc) is 2.74. The Balaban J connectivity index is 2.27. The van der Waals surface area contributed by atoms with Crippen molar-refractivity contribution in [3.63, 3.8) is 0 Å². The summed E-state index contributed by atoms with van der Waals surface area (Å²) in [7, 11) is 0. The lowest BCUT2D eigenvalue weighted by atomic mass is 9.85. The van der Waals surface area contributed by atoms with E-state index in [9.17, 15) is 19.2 Å². The maximum absolute atomic E-state index is 13.1. The van der Waals surface area contributed by atoms with Crippen LogP contribution in [0.15, 0.2) is 40.7 Å². The van der Waals surface area contributed by atoms with Gasteiger partial charge in [-0.05, 0) is 52.3 Å². The van der Waals surface area contributed by atoms with Crippen LogP contribution in [0, 0.1) is 12.8 Å². The van der Waals surface area contributed by atoms with E-state index in [0.717, 1.165) is 5.56 Å². The summed E-state index contributed by atoms with van der Waals surface area (Å²) in [5.74, 6) is -4.54. The van der Waals surface area contributed by atoms with E-state index in [2.05, 4.69) is 10.6 Å². The molecule has 1 aliphatic heterocycles. The molecule has 178 valence electrons. The van der Waals surface area contributed by atoms with E-state index >= 15 is 0 Å². The Morgan fingerprint density at radius 2 is 1.48 bits per heavy atom. The van der Waals surface area contributed by atoms with Gasteiger partial charge in [-0.15, -0.1) is 0 Å². The second kappa shape index (κ2) is 11.5. The highest BCUT2D eigenvalue weighted by Gasteiger charge is 2.42. The largest absolute Gasteiger partial charge is 0.463 e. The molecule has 0 aromatic heterocycles. The predicted molar refractivity (Wildman–Crippen MR) is 121 cm³/mol. The fourth-order valence-corrected chi connectivity index (χ4v) is 3.50. The van der Waals surface area contributed by atoms with Crippen LogP contribution in [0.5, 0.6) is 0 Å². The van der Waals surface area contributed by atoms with Crippen LogP contribution in [-0.2, 0) is 33.4 Å². The van der Waals surface area contributed by atoms with Crippen molar-refractivity contribution in [1.82, 2.24) is 5.32 Å². The minimum absolute atomic E-state index is 0.0657. The van der Waals surface area contributed by atoms with Gasteiger partial charge in [0, 0.05) is 22.1 Å². The number of esters is 3. The Hall–Kier alpha value is -3.33. The molecule has 1 heterocycles. The molecule has 2 rings (SSSR count). The van der Waals surface area contributed by atoms with Crippen LogP contribution in [0.25, 0.3) is 0 Å². The molecule has 0 bridgehead atoms. The summed E-state index contributed by atoms with van der Waals surface area (Å²) in [6, 6.07) is 4.98. The summed E-state index contributed by atoms with van der Waals surface area (Å²) in [5.41, 5.74) is 1.74. The summed E-state index contributed by atoms with van der Waals surface area (Å²) in [6.07, 6.45) is 0. The third-order valence-electron chi connectivity index (χ3n) is 4.81. The number of hydrogen-bond donors (Lipinski definition) is 2. The summed E-state index contributed by atoms with van der Waals surface area (Å²) in [5, 5.41) is 5.96. The van der Waals surface area contributed by atoms with Crippen LogP contribution >= 0.6 is 11.6 Å². The van der Waals surface area contributed by atoms with Crippen molar-refractivity contribution in [2.75, 3.05) is 25.1 Å². The number of rotatable bonds is 8. The molecule has 0 saturated carbocycles. The van der Waals surface area contributed by atoms with Crippen LogP contribution in [-0.4, -0.2) is 43.6 Å². The predicted octanol–water partition coefficient (Wildman–Crippen LogP) is 3.02. The molecule has 33 heavy (non-hydrogen) atoms. The third kappa shape index (κ3) is 6.35. The number of allylic oxidation sites excluding steroid dienone is 2. The minimum atomic E-state index is -1.41. The lowest BCUT2D eigenvalue weighted by Crippen LogP contribution is -2.39. The van der Waals surface area contributed by atoms with Crippen molar-refractivity contribution < 1.29 is 33.4 Å². The Labute approximate surface area is 197 Å². The normalized spacial score (nSPS) is 13.9. The quantitative estimate of drug-likeness (QED) is 0.432. The summed E-state index contributed by atoms with van der Waals surface area (Å²) in [4.78, 5) is 50.7. The first kappa shape index (κ1) is 25.9. The van der Waals surface area contributed by atoms with Gasteiger partial charge in [0.25, 0.3) is 5.91 Å². The van der Waals surface area contributed by atoms with Crippen molar-refractivity contribution in [3.8, 4) is 0 Å². The first-order chi connectivity index (χ1) is 15.6. The Morgan fingerprint density at radius 3 is 2.00 bits per heavy atom. The molecule has 0 spiro atoms. The number of carbonyl (C=O) groups excluding carboxylic acids is 4. The highest BCUT2D eigenvalue weighted by atomic mass is 35.5. The fraction of sp³-hybridized carbons (Fsp3) is 0.391. The summed E-state index contributed by atoms with van der Waals surface area (Å²) < 4.78 is 15.4. The van der Waals surface area contributed by atoms with Crippen LogP contribution in [0.4, 0.5) is 5.69 Å². The van der Waals surface area contributed by atoms with Crippen LogP contribution in [0.2, 0.25) is 5.02 Å². The monoisotopic (exact) mass is 478 g/mol. The van der Waals surface area contributed by atoms with Gasteiger partial charge in [-0.2, -0.15) is 0 Å². The summed E-state index contributed by atoms with van der Waals surface area (Å²) >= 11 is 5.96. The number of amides is 1. The number of carbonyl (C=O) groups is 4. The van der Waals surface area contributed by atoms with E-state index in [-0.39, 0.29) is 24.4 Å². The van der Waals surface area contributed by atoms with Crippen LogP contribution < -0.4 is 10.6 Å². The van der Waals surface area contributed by atoms with Crippen molar-refractivity contribution in [2.24, 2.45) is 5.92 Å². The van der Waals surface area contributed by atoms with Gasteiger partial charge in [0.2, 0.25) is 0 Å². The molecule has 0 saturated heterocycles. The minimum Gasteiger partial charge on any atom is -0.463 e. The SMILES string of the molecule is CCOC(=O)C1=C(C)NC(C)=C(C(=O)OCC)C1C(=O)OCC(=O)Nc1cc(Cl)ccc1C. The summed E-state index contributed by atoms with van der Waals surface area (Å²) in [6.45, 7) is 7.66. The maximum atomic E-state index is 13.1. The van der Waals surface area contributed by atoms with E-state index < -0.39 is 36.3 Å². The van der Waals surface area contributed by atoms with Crippen molar-refractivity contribution in [3.05, 3.63) is 51.3 Å². The molecule has 0 atom stereocenters. The molecule has 0 radical (unpaired) electrons. The average molecular weight is 479 g/mol. The van der Waals surface area contributed by atoms with Gasteiger partial charge in [0.1, 0.15) is 5.92 Å². The van der Waals surface area contributed by atoms with E-state index in [1.807, 2.05) is 0 Å². The number of anilines is 1. The molecule has 1 aromatic rings. The molecule has 1 amide bonds. The fourth-order valence-electron chi connectivity index (χ4n) is 3.32. The van der Waals surface area contributed by atoms with Gasteiger partial charge >= 0.3 is 17.9 Å². The zero-order chi connectivity index (χ0) is 24.7. The molecule has 0 unspecified atom stereocenters. The van der Waals surface area contributed by atoms with Gasteiger partial charge in [-0.3, -0.25) is 9.59 Å². The number of nitrogens with one attached hydrogen (secondary N) is 2. The maximum Gasteiger partial charge on any atom is 0.337 e. The zero-order valence-corrected chi connectivity index (χ0v) is 19.9. The highest BCUT2D eigenvalue weighted by Crippen LogP contribution is 2.32. The molecule has 9 nitrogen and oxygen atoms in total. The third-order valence-corrected chi connectivity index (χ3v) is 5.04. The molecular formula is C23H27ClN2O7. The number of halogens is 1. The van der Waals surface area contributed by atoms with Gasteiger partial charge < -0.3 is 24.8 Å². The standard InChI is InChI=1S/C23H27ClN2O7/c1-6-31-21(28)18-13(4)25-14(5)19(22(29)32-7-2)20(18)23(30)33-11-17(27)26-16-10-15(24)9-8-12(16)3/h8-10,20,25H,6-7,11H2,1-5H3,(H,26,27). The van der Waals surface area contributed by atoms with Crippen molar-refractivity contribution >= 4 is 41.1 Å². The number of benzene rings is 1. The lowest BCUT2D eigenvalue weighted by Gasteiger charge is -2.28. The van der Waals surface area contributed by atoms with Crippen LogP contribution in [0.1, 0.15) is 33.3 Å². The topological polar surface area (TPSA) is 120 Å². The highest BCUT2D eigenvalue weighted by molar-refractivity contribution is 6.31. The number of aryl methyl sites for hydroxylation is 1. The van der Waals surface area contributed by atoms with Crippen LogP contribution in [0.3, 0.4) is 0 Å². The molecular weight excluding hydrogens is 452 g/mol. The van der Waals surface area contributed by atoms with Gasteiger partial charge in [0.15, 0.2) is 6.61 Å². The smallest absolute Gasteiger partial charge is 0.337 e. The molecule has 1 aliphatic rings. The van der Waals surface area contributed by atoms with E-state index in [0.29, 0.717) is 22.1 Å². The first-order valence-corrected chi connectivity index (χ1v) is 10.7. The second-order valence-electron chi connectivity index (χ2n) is 7.19. The van der Waals surface area contributed by atoms with E-state index in [1.165, 1.54) is 0 Å². The Kier molecular flexibility index (Phi) is 9.04. The number of ether oxygens (including phenoxy) is 3. The first-order valence-electron chi connectivity index (χ1n) is 10.4. The molecule has 1 aromatic carbocycles. The van der Waals surface area contributed by atoms with E-state index in [4.69, 9.17) is 25.8 Å². The number of dihydropyridines is 1. The van der Waals surface area contributed by atoms with Crippen molar-refractivity contribution in [2.45, 2.75) is 34.6 Å². The second-order valence-corrected chi connectivity index (χ2v) is 7.63. The zero-order valence-electron chi connectivity index (χ0n) is 19.2. The van der Waals surface area contributed by atoms with Gasteiger partial charge in [-0.25, -0.2) is 9.59 Å². The van der Waals surface area contributed by atoms with E-state index in [1.54, 1.807) is 52.8 Å². The van der Waals surface area contributed by atoms with Gasteiger partial charge in [0.05, 0.1) is 24.4 Å². The lowest BCUT2D eigenvalue weighted by molar-refractivity contribution is -0.153.